The van der Waals surface area contributed by atoms with E-state index in [-0.39, 0.29) is 17.5 Å². The van der Waals surface area contributed by atoms with Crippen molar-refractivity contribution in [3.8, 4) is 17.3 Å². The van der Waals surface area contributed by atoms with E-state index in [1.807, 2.05) is 42.5 Å². The maximum atomic E-state index is 12.8. The molecule has 0 bridgehead atoms. The van der Waals surface area contributed by atoms with Crippen molar-refractivity contribution in [2.75, 3.05) is 0 Å². The average Bonchev–Trinajstić information content (AvgIpc) is 3.13. The molecule has 2 aromatic carbocycles. The van der Waals surface area contributed by atoms with Gasteiger partial charge < -0.3 is 10.3 Å². The molecular weight excluding hydrogens is 358 g/mol. The lowest BCUT2D eigenvalue weighted by molar-refractivity contribution is -0.117. The number of hydrogen-bond acceptors (Lipinski definition) is 2. The van der Waals surface area contributed by atoms with Crippen LogP contribution in [-0.2, 0) is 4.79 Å². The van der Waals surface area contributed by atoms with Gasteiger partial charge in [-0.05, 0) is 37.0 Å². The Hall–Kier alpha value is -3.32. The van der Waals surface area contributed by atoms with E-state index in [0.717, 1.165) is 59.0 Å². The van der Waals surface area contributed by atoms with Crippen molar-refractivity contribution >= 4 is 22.9 Å². The Balaban J connectivity index is 1.78. The maximum absolute atomic E-state index is 12.8. The second-order valence-corrected chi connectivity index (χ2v) is 7.76. The van der Waals surface area contributed by atoms with Gasteiger partial charge in [-0.3, -0.25) is 4.79 Å². The van der Waals surface area contributed by atoms with Gasteiger partial charge in [0, 0.05) is 22.5 Å². The molecule has 0 radical (unpaired) electrons. The van der Waals surface area contributed by atoms with Gasteiger partial charge in [0.05, 0.1) is 5.69 Å². The standard InChI is InChI=1S/C25H25N3O/c1-17-9-8-14-21-22(24(28-23(17)21)18-10-4-2-5-11-18)15-19(16-26)25(29)27-20-12-6-3-7-13-20/h2,4-5,8-11,14-15,20,28H,3,6-7,12-13H2,1H3,(H,27,29)/b19-15-. The number of nitriles is 1. The molecule has 0 aliphatic heterocycles. The normalized spacial score (nSPS) is 15.2. The summed E-state index contributed by atoms with van der Waals surface area (Å²) < 4.78 is 0. The molecule has 1 amide bonds. The highest BCUT2D eigenvalue weighted by atomic mass is 16.1. The highest BCUT2D eigenvalue weighted by Gasteiger charge is 2.20. The average molecular weight is 383 g/mol. The third kappa shape index (κ3) is 3.95. The van der Waals surface area contributed by atoms with Crippen molar-refractivity contribution < 1.29 is 4.79 Å². The molecular formula is C25H25N3O. The zero-order valence-electron chi connectivity index (χ0n) is 16.7. The number of rotatable bonds is 4. The number of aromatic nitrogens is 1. The molecule has 1 saturated carbocycles. The third-order valence-corrected chi connectivity index (χ3v) is 5.74. The summed E-state index contributed by atoms with van der Waals surface area (Å²) in [5.41, 5.74) is 5.14. The lowest BCUT2D eigenvalue weighted by Gasteiger charge is -2.22. The van der Waals surface area contributed by atoms with Gasteiger partial charge in [0.2, 0.25) is 0 Å². The number of carbonyl (C=O) groups excluding carboxylic acids is 1. The third-order valence-electron chi connectivity index (χ3n) is 5.74. The summed E-state index contributed by atoms with van der Waals surface area (Å²) >= 11 is 0. The predicted octanol–water partition coefficient (Wildman–Crippen LogP) is 5.50. The number of benzene rings is 2. The number of H-pyrrole nitrogens is 1. The summed E-state index contributed by atoms with van der Waals surface area (Å²) in [5.74, 6) is -0.277. The number of nitrogens with one attached hydrogen (secondary N) is 2. The van der Waals surface area contributed by atoms with Crippen LogP contribution in [0, 0.1) is 18.3 Å². The highest BCUT2D eigenvalue weighted by molar-refractivity contribution is 6.06. The summed E-state index contributed by atoms with van der Waals surface area (Å²) in [6.45, 7) is 2.06. The summed E-state index contributed by atoms with van der Waals surface area (Å²) in [6, 6.07) is 18.4. The topological polar surface area (TPSA) is 68.7 Å². The molecule has 1 fully saturated rings. The van der Waals surface area contributed by atoms with Crippen LogP contribution >= 0.6 is 0 Å². The molecule has 4 rings (SSSR count). The van der Waals surface area contributed by atoms with Crippen molar-refractivity contribution in [1.29, 1.82) is 5.26 Å². The minimum atomic E-state index is -0.277. The van der Waals surface area contributed by atoms with Gasteiger partial charge in [0.15, 0.2) is 0 Å². The first-order valence-electron chi connectivity index (χ1n) is 10.3. The van der Waals surface area contributed by atoms with Gasteiger partial charge in [-0.1, -0.05) is 67.8 Å². The lowest BCUT2D eigenvalue weighted by atomic mass is 9.95. The van der Waals surface area contributed by atoms with Crippen LogP contribution in [0.3, 0.4) is 0 Å². The summed E-state index contributed by atoms with van der Waals surface area (Å²) in [7, 11) is 0. The summed E-state index contributed by atoms with van der Waals surface area (Å²) in [5, 5.41) is 13.8. The smallest absolute Gasteiger partial charge is 0.262 e. The van der Waals surface area contributed by atoms with E-state index in [2.05, 4.69) is 29.4 Å². The Morgan fingerprint density at radius 2 is 1.86 bits per heavy atom. The van der Waals surface area contributed by atoms with Crippen LogP contribution < -0.4 is 5.32 Å². The first-order chi connectivity index (χ1) is 14.2. The molecule has 146 valence electrons. The number of fused-ring (bicyclic) bond motifs is 1. The Morgan fingerprint density at radius 3 is 2.59 bits per heavy atom. The first-order valence-corrected chi connectivity index (χ1v) is 10.3. The van der Waals surface area contributed by atoms with E-state index < -0.39 is 0 Å². The van der Waals surface area contributed by atoms with Crippen LogP contribution in [0.1, 0.15) is 43.2 Å². The van der Waals surface area contributed by atoms with Crippen LogP contribution in [0.5, 0.6) is 0 Å². The van der Waals surface area contributed by atoms with E-state index in [4.69, 9.17) is 0 Å². The number of amides is 1. The molecule has 3 aromatic rings. The maximum Gasteiger partial charge on any atom is 0.262 e. The highest BCUT2D eigenvalue weighted by Crippen LogP contribution is 2.33. The molecule has 1 heterocycles. The van der Waals surface area contributed by atoms with Crippen LogP contribution in [0.2, 0.25) is 0 Å². The van der Waals surface area contributed by atoms with Gasteiger partial charge in [-0.25, -0.2) is 0 Å². The molecule has 0 spiro atoms. The van der Waals surface area contributed by atoms with E-state index >= 15 is 0 Å². The fraction of sp³-hybridized carbons (Fsp3) is 0.280. The van der Waals surface area contributed by atoms with Gasteiger partial charge in [-0.2, -0.15) is 5.26 Å². The fourth-order valence-electron chi connectivity index (χ4n) is 4.17. The molecule has 1 aliphatic rings. The number of aryl methyl sites for hydroxylation is 1. The minimum absolute atomic E-state index is 0.148. The molecule has 1 aliphatic carbocycles. The predicted molar refractivity (Wildman–Crippen MR) is 117 cm³/mol. The molecule has 1 aromatic heterocycles. The number of para-hydroxylation sites is 1. The van der Waals surface area contributed by atoms with E-state index in [0.29, 0.717) is 0 Å². The minimum Gasteiger partial charge on any atom is -0.354 e. The van der Waals surface area contributed by atoms with Gasteiger partial charge in [0.1, 0.15) is 11.6 Å². The van der Waals surface area contributed by atoms with Crippen molar-refractivity contribution in [2.45, 2.75) is 45.1 Å². The summed E-state index contributed by atoms with van der Waals surface area (Å²) in [4.78, 5) is 16.3. The van der Waals surface area contributed by atoms with E-state index in [1.54, 1.807) is 6.08 Å². The summed E-state index contributed by atoms with van der Waals surface area (Å²) in [6.07, 6.45) is 7.21. The fourth-order valence-corrected chi connectivity index (χ4v) is 4.17. The lowest BCUT2D eigenvalue weighted by Crippen LogP contribution is -2.36. The number of carbonyl (C=O) groups is 1. The Morgan fingerprint density at radius 1 is 1.10 bits per heavy atom. The number of hydrogen-bond donors (Lipinski definition) is 2. The quantitative estimate of drug-likeness (QED) is 0.461. The van der Waals surface area contributed by atoms with Crippen molar-refractivity contribution in [1.82, 2.24) is 10.3 Å². The van der Waals surface area contributed by atoms with Crippen LogP contribution in [-0.4, -0.2) is 16.9 Å². The number of aromatic amines is 1. The Labute approximate surface area is 171 Å². The molecule has 29 heavy (non-hydrogen) atoms. The molecule has 4 heteroatoms. The SMILES string of the molecule is Cc1cccc2c(/C=C(/C#N)C(=O)NC3CCCCC3)c(-c3ccccc3)[nH]c12. The molecule has 2 N–H and O–H groups in total. The zero-order chi connectivity index (χ0) is 20.2. The first kappa shape index (κ1) is 19.0. The van der Waals surface area contributed by atoms with Crippen LogP contribution in [0.25, 0.3) is 28.2 Å². The molecule has 4 nitrogen and oxygen atoms in total. The Kier molecular flexibility index (Phi) is 5.48. The van der Waals surface area contributed by atoms with Gasteiger partial charge in [0.25, 0.3) is 5.91 Å². The monoisotopic (exact) mass is 383 g/mol. The largest absolute Gasteiger partial charge is 0.354 e. The Bertz CT molecular complexity index is 1100. The molecule has 0 unspecified atom stereocenters. The van der Waals surface area contributed by atoms with Gasteiger partial charge in [-0.15, -0.1) is 0 Å². The second kappa shape index (κ2) is 8.36. The second-order valence-electron chi connectivity index (χ2n) is 7.76. The van der Waals surface area contributed by atoms with E-state index in [9.17, 15) is 10.1 Å². The zero-order valence-corrected chi connectivity index (χ0v) is 16.7. The van der Waals surface area contributed by atoms with Crippen molar-refractivity contribution in [3.05, 3.63) is 65.2 Å². The van der Waals surface area contributed by atoms with Crippen LogP contribution in [0.4, 0.5) is 0 Å². The van der Waals surface area contributed by atoms with Crippen molar-refractivity contribution in [2.24, 2.45) is 0 Å². The van der Waals surface area contributed by atoms with Crippen LogP contribution in [0.15, 0.2) is 54.1 Å². The molecule has 0 saturated heterocycles. The van der Waals surface area contributed by atoms with Crippen molar-refractivity contribution in [3.63, 3.8) is 0 Å². The molecule has 0 atom stereocenters. The number of nitrogens with zero attached hydrogens (tertiary/aromatic N) is 1. The van der Waals surface area contributed by atoms with E-state index in [1.165, 1.54) is 6.42 Å². The van der Waals surface area contributed by atoms with Gasteiger partial charge >= 0.3 is 0 Å².